The second kappa shape index (κ2) is 8.31. The number of methoxy groups -OCH3 is 1. The van der Waals surface area contributed by atoms with Gasteiger partial charge in [-0.2, -0.15) is 4.72 Å². The molecule has 0 saturated carbocycles. The molecule has 130 valence electrons. The van der Waals surface area contributed by atoms with E-state index in [1.165, 1.54) is 20.1 Å². The third-order valence-corrected chi connectivity index (χ3v) is 4.92. The monoisotopic (exact) mass is 342 g/mol. The van der Waals surface area contributed by atoms with Crippen molar-refractivity contribution in [2.45, 2.75) is 45.1 Å². The van der Waals surface area contributed by atoms with Gasteiger partial charge in [-0.05, 0) is 43.9 Å². The maximum absolute atomic E-state index is 12.5. The molecule has 0 aromatic heterocycles. The topological polar surface area (TPSA) is 84.5 Å². The molecule has 0 saturated heterocycles. The Bertz CT molecular complexity index is 641. The molecule has 2 N–H and O–H groups in total. The van der Waals surface area contributed by atoms with Gasteiger partial charge in [0.05, 0.1) is 13.2 Å². The van der Waals surface area contributed by atoms with Crippen LogP contribution in [-0.2, 0) is 14.8 Å². The van der Waals surface area contributed by atoms with Gasteiger partial charge in [0.15, 0.2) is 0 Å². The summed E-state index contributed by atoms with van der Waals surface area (Å²) in [7, 11) is -2.44. The van der Waals surface area contributed by atoms with Crippen molar-refractivity contribution in [2.75, 3.05) is 13.7 Å². The Morgan fingerprint density at radius 3 is 2.48 bits per heavy atom. The van der Waals surface area contributed by atoms with Crippen molar-refractivity contribution in [1.29, 1.82) is 0 Å². The Balaban J connectivity index is 2.82. The van der Waals surface area contributed by atoms with Gasteiger partial charge in [-0.3, -0.25) is 4.79 Å². The van der Waals surface area contributed by atoms with Crippen molar-refractivity contribution in [3.63, 3.8) is 0 Å². The molecule has 1 atom stereocenters. The zero-order chi connectivity index (χ0) is 17.6. The van der Waals surface area contributed by atoms with Crippen molar-refractivity contribution in [1.82, 2.24) is 10.0 Å². The Labute approximate surface area is 138 Å². The number of aryl methyl sites for hydroxylation is 1. The van der Waals surface area contributed by atoms with Gasteiger partial charge in [0, 0.05) is 6.54 Å². The van der Waals surface area contributed by atoms with Crippen LogP contribution in [0.3, 0.4) is 0 Å². The minimum Gasteiger partial charge on any atom is -0.495 e. The van der Waals surface area contributed by atoms with Crippen LogP contribution < -0.4 is 14.8 Å². The Hall–Kier alpha value is -1.60. The molecule has 1 amide bonds. The zero-order valence-corrected chi connectivity index (χ0v) is 15.2. The molecule has 0 unspecified atom stereocenters. The van der Waals surface area contributed by atoms with E-state index in [4.69, 9.17) is 4.74 Å². The van der Waals surface area contributed by atoms with Gasteiger partial charge >= 0.3 is 0 Å². The molecular weight excluding hydrogens is 316 g/mol. The third kappa shape index (κ3) is 5.84. The first-order chi connectivity index (χ1) is 10.7. The van der Waals surface area contributed by atoms with Crippen molar-refractivity contribution < 1.29 is 17.9 Å². The molecule has 0 heterocycles. The fourth-order valence-corrected chi connectivity index (χ4v) is 3.44. The molecule has 1 aromatic rings. The van der Waals surface area contributed by atoms with Crippen molar-refractivity contribution in [3.8, 4) is 5.75 Å². The molecule has 0 aliphatic rings. The Morgan fingerprint density at radius 1 is 1.26 bits per heavy atom. The molecule has 0 aliphatic carbocycles. The number of sulfonamides is 1. The average Bonchev–Trinajstić information content (AvgIpc) is 2.46. The second-order valence-corrected chi connectivity index (χ2v) is 7.65. The molecule has 0 bridgehead atoms. The lowest BCUT2D eigenvalue weighted by Crippen LogP contribution is -2.45. The molecule has 0 radical (unpaired) electrons. The van der Waals surface area contributed by atoms with Crippen LogP contribution in [0, 0.1) is 12.8 Å². The maximum Gasteiger partial charge on any atom is 0.244 e. The van der Waals surface area contributed by atoms with E-state index < -0.39 is 16.1 Å². The summed E-state index contributed by atoms with van der Waals surface area (Å²) in [4.78, 5) is 12.0. The highest BCUT2D eigenvalue weighted by Crippen LogP contribution is 2.24. The highest BCUT2D eigenvalue weighted by Gasteiger charge is 2.25. The molecular formula is C16H26N2O4S. The van der Waals surface area contributed by atoms with Crippen LogP contribution >= 0.6 is 0 Å². The molecule has 23 heavy (non-hydrogen) atoms. The van der Waals surface area contributed by atoms with Gasteiger partial charge < -0.3 is 10.1 Å². The number of carbonyl (C=O) groups is 1. The van der Waals surface area contributed by atoms with Crippen molar-refractivity contribution in [3.05, 3.63) is 23.8 Å². The number of ether oxygens (including phenoxy) is 1. The predicted octanol–water partition coefficient (Wildman–Crippen LogP) is 1.83. The van der Waals surface area contributed by atoms with E-state index in [1.54, 1.807) is 19.1 Å². The number of carbonyl (C=O) groups excluding carboxylic acids is 1. The molecule has 6 nitrogen and oxygen atoms in total. The highest BCUT2D eigenvalue weighted by molar-refractivity contribution is 7.89. The summed E-state index contributed by atoms with van der Waals surface area (Å²) >= 11 is 0. The summed E-state index contributed by atoms with van der Waals surface area (Å²) in [6.07, 6.45) is 0.844. The van der Waals surface area contributed by atoms with Crippen LogP contribution in [0.15, 0.2) is 23.1 Å². The smallest absolute Gasteiger partial charge is 0.244 e. The highest BCUT2D eigenvalue weighted by atomic mass is 32.2. The SMILES string of the molecule is COc1ccc(C)cc1S(=O)(=O)N[C@@H](C)C(=O)NCCC(C)C. The summed E-state index contributed by atoms with van der Waals surface area (Å²) < 4.78 is 32.5. The summed E-state index contributed by atoms with van der Waals surface area (Å²) in [5.74, 6) is 0.371. The normalized spacial score (nSPS) is 13.0. The van der Waals surface area contributed by atoms with E-state index in [2.05, 4.69) is 23.9 Å². The van der Waals surface area contributed by atoms with Gasteiger partial charge in [-0.1, -0.05) is 19.9 Å². The molecule has 1 aromatic carbocycles. The average molecular weight is 342 g/mol. The van der Waals surface area contributed by atoms with E-state index in [9.17, 15) is 13.2 Å². The van der Waals surface area contributed by atoms with Gasteiger partial charge in [-0.25, -0.2) is 8.42 Å². The lowest BCUT2D eigenvalue weighted by Gasteiger charge is -2.16. The van der Waals surface area contributed by atoms with E-state index in [1.807, 2.05) is 0 Å². The van der Waals surface area contributed by atoms with Gasteiger partial charge in [0.2, 0.25) is 15.9 Å². The first-order valence-electron chi connectivity index (χ1n) is 7.62. The minimum atomic E-state index is -3.85. The lowest BCUT2D eigenvalue weighted by atomic mass is 10.1. The van der Waals surface area contributed by atoms with Gasteiger partial charge in [0.1, 0.15) is 10.6 Å². The summed E-state index contributed by atoms with van der Waals surface area (Å²) in [6, 6.07) is 4.01. The van der Waals surface area contributed by atoms with Crippen LogP contribution in [0.5, 0.6) is 5.75 Å². The van der Waals surface area contributed by atoms with E-state index in [0.29, 0.717) is 12.5 Å². The second-order valence-electron chi connectivity index (χ2n) is 5.97. The summed E-state index contributed by atoms with van der Waals surface area (Å²) in [5, 5.41) is 2.73. The van der Waals surface area contributed by atoms with Crippen LogP contribution in [-0.4, -0.2) is 34.0 Å². The number of hydrogen-bond donors (Lipinski definition) is 2. The number of benzene rings is 1. The largest absolute Gasteiger partial charge is 0.495 e. The number of amides is 1. The number of hydrogen-bond acceptors (Lipinski definition) is 4. The Kier molecular flexibility index (Phi) is 7.02. The van der Waals surface area contributed by atoms with Crippen LogP contribution in [0.25, 0.3) is 0 Å². The zero-order valence-electron chi connectivity index (χ0n) is 14.3. The molecule has 0 aliphatic heterocycles. The minimum absolute atomic E-state index is 0.0295. The molecule has 0 spiro atoms. The van der Waals surface area contributed by atoms with Gasteiger partial charge in [0.25, 0.3) is 0 Å². The van der Waals surface area contributed by atoms with E-state index in [0.717, 1.165) is 12.0 Å². The summed E-state index contributed by atoms with van der Waals surface area (Å²) in [6.45, 7) is 7.95. The van der Waals surface area contributed by atoms with Crippen molar-refractivity contribution >= 4 is 15.9 Å². The number of rotatable bonds is 8. The fourth-order valence-electron chi connectivity index (χ4n) is 1.98. The van der Waals surface area contributed by atoms with Crippen LogP contribution in [0.4, 0.5) is 0 Å². The van der Waals surface area contributed by atoms with Crippen LogP contribution in [0.2, 0.25) is 0 Å². The van der Waals surface area contributed by atoms with Gasteiger partial charge in [-0.15, -0.1) is 0 Å². The lowest BCUT2D eigenvalue weighted by molar-refractivity contribution is -0.122. The molecule has 1 rings (SSSR count). The first kappa shape index (κ1) is 19.4. The predicted molar refractivity (Wildman–Crippen MR) is 90.0 cm³/mol. The fraction of sp³-hybridized carbons (Fsp3) is 0.562. The summed E-state index contributed by atoms with van der Waals surface area (Å²) in [5.41, 5.74) is 0.792. The molecule has 7 heteroatoms. The molecule has 0 fully saturated rings. The maximum atomic E-state index is 12.5. The number of nitrogens with one attached hydrogen (secondary N) is 2. The standard InChI is InChI=1S/C16H26N2O4S/c1-11(2)8-9-17-16(19)13(4)18-23(20,21)15-10-12(3)6-7-14(15)22-5/h6-7,10-11,13,18H,8-9H2,1-5H3,(H,17,19)/t13-/m0/s1. The van der Waals surface area contributed by atoms with E-state index >= 15 is 0 Å². The first-order valence-corrected chi connectivity index (χ1v) is 9.10. The van der Waals surface area contributed by atoms with Crippen LogP contribution in [0.1, 0.15) is 32.8 Å². The van der Waals surface area contributed by atoms with E-state index in [-0.39, 0.29) is 16.6 Å². The third-order valence-electron chi connectivity index (χ3n) is 3.35. The quantitative estimate of drug-likeness (QED) is 0.755. The Morgan fingerprint density at radius 2 is 1.91 bits per heavy atom. The van der Waals surface area contributed by atoms with Crippen molar-refractivity contribution in [2.24, 2.45) is 5.92 Å².